The Morgan fingerprint density at radius 1 is 1.75 bits per heavy atom. The lowest BCUT2D eigenvalue weighted by molar-refractivity contribution is -0.389. The Labute approximate surface area is 91.2 Å². The largest absolute Gasteiger partial charge is 0.468 e. The number of hydrogen-bond donors (Lipinski definition) is 0. The highest BCUT2D eigenvalue weighted by atomic mass is 16.6. The van der Waals surface area contributed by atoms with Gasteiger partial charge in [-0.25, -0.2) is 4.79 Å². The summed E-state index contributed by atoms with van der Waals surface area (Å²) in [5.41, 5.74) is 0.747. The van der Waals surface area contributed by atoms with Crippen molar-refractivity contribution in [1.82, 2.24) is 9.78 Å². The topological polar surface area (TPSA) is 87.3 Å². The Morgan fingerprint density at radius 3 is 2.94 bits per heavy atom. The van der Waals surface area contributed by atoms with Gasteiger partial charge in [-0.15, -0.1) is 0 Å². The Bertz CT molecular complexity index is 436. The summed E-state index contributed by atoms with van der Waals surface area (Å²) < 4.78 is 5.87. The van der Waals surface area contributed by atoms with Gasteiger partial charge in [-0.1, -0.05) is 0 Å². The summed E-state index contributed by atoms with van der Waals surface area (Å²) in [4.78, 5) is 21.1. The quantitative estimate of drug-likeness (QED) is 0.430. The van der Waals surface area contributed by atoms with Crippen LogP contribution in [0.1, 0.15) is 24.5 Å². The molecule has 7 heteroatoms. The third-order valence-electron chi connectivity index (χ3n) is 2.49. The average molecular weight is 225 g/mol. The molecule has 1 aromatic heterocycles. The van der Waals surface area contributed by atoms with Gasteiger partial charge in [-0.2, -0.15) is 4.68 Å². The lowest BCUT2D eigenvalue weighted by Crippen LogP contribution is -2.14. The normalized spacial score (nSPS) is 14.8. The summed E-state index contributed by atoms with van der Waals surface area (Å²) in [6.07, 6.45) is 1.98. The second kappa shape index (κ2) is 3.92. The van der Waals surface area contributed by atoms with Crippen molar-refractivity contribution in [3.05, 3.63) is 21.9 Å². The third kappa shape index (κ3) is 2.02. The minimum Gasteiger partial charge on any atom is -0.468 e. The first kappa shape index (κ1) is 10.6. The van der Waals surface area contributed by atoms with Crippen molar-refractivity contribution in [2.24, 2.45) is 0 Å². The zero-order chi connectivity index (χ0) is 11.7. The predicted octanol–water partition coefficient (Wildman–Crippen LogP) is 0.842. The Kier molecular flexibility index (Phi) is 2.59. The van der Waals surface area contributed by atoms with E-state index in [2.05, 4.69) is 9.84 Å². The van der Waals surface area contributed by atoms with E-state index in [0.717, 1.165) is 18.5 Å². The van der Waals surface area contributed by atoms with E-state index in [1.807, 2.05) is 0 Å². The molecule has 0 atom stereocenters. The highest BCUT2D eigenvalue weighted by Crippen LogP contribution is 2.41. The fraction of sp³-hybridized carbons (Fsp3) is 0.556. The molecule has 1 aromatic rings. The van der Waals surface area contributed by atoms with E-state index in [1.54, 1.807) is 0 Å². The Morgan fingerprint density at radius 2 is 2.44 bits per heavy atom. The number of carbonyl (C=O) groups is 1. The molecule has 1 aliphatic carbocycles. The molecule has 0 radical (unpaired) electrons. The molecular formula is C9H11N3O4. The molecular weight excluding hydrogens is 214 g/mol. The number of ether oxygens (including phenoxy) is 1. The molecule has 0 spiro atoms. The summed E-state index contributed by atoms with van der Waals surface area (Å²) in [5.74, 6) is -0.378. The van der Waals surface area contributed by atoms with Crippen molar-refractivity contribution in [1.29, 1.82) is 0 Å². The van der Waals surface area contributed by atoms with Gasteiger partial charge in [0.05, 0.1) is 24.0 Å². The summed E-state index contributed by atoms with van der Waals surface area (Å²) in [6.45, 7) is -0.0732. The van der Waals surface area contributed by atoms with Crippen molar-refractivity contribution in [3.63, 3.8) is 0 Å². The molecule has 16 heavy (non-hydrogen) atoms. The van der Waals surface area contributed by atoms with Crippen LogP contribution in [0.25, 0.3) is 0 Å². The van der Waals surface area contributed by atoms with E-state index in [0.29, 0.717) is 5.92 Å². The Hall–Kier alpha value is -1.92. The van der Waals surface area contributed by atoms with Crippen molar-refractivity contribution >= 4 is 11.8 Å². The van der Waals surface area contributed by atoms with Gasteiger partial charge in [-0.05, 0) is 17.8 Å². The Balaban J connectivity index is 2.26. The standard InChI is InChI=1S/C9H11N3O4/c1-16-9(13)5-11-7(6-2-3-6)4-8(10-11)12(14)15/h4,6H,2-3,5H2,1H3. The van der Waals surface area contributed by atoms with Crippen LogP contribution in [-0.4, -0.2) is 27.8 Å². The fourth-order valence-electron chi connectivity index (χ4n) is 1.53. The lowest BCUT2D eigenvalue weighted by Gasteiger charge is -1.99. The molecule has 1 heterocycles. The molecule has 86 valence electrons. The van der Waals surface area contributed by atoms with Crippen LogP contribution in [0.4, 0.5) is 5.82 Å². The molecule has 1 fully saturated rings. The average Bonchev–Trinajstić information content (AvgIpc) is 3.00. The smallest absolute Gasteiger partial charge is 0.390 e. The van der Waals surface area contributed by atoms with E-state index < -0.39 is 10.9 Å². The summed E-state index contributed by atoms with van der Waals surface area (Å²) in [7, 11) is 1.27. The molecule has 0 saturated heterocycles. The molecule has 1 aliphatic rings. The lowest BCUT2D eigenvalue weighted by atomic mass is 10.3. The zero-order valence-corrected chi connectivity index (χ0v) is 8.75. The van der Waals surface area contributed by atoms with E-state index >= 15 is 0 Å². The van der Waals surface area contributed by atoms with Crippen LogP contribution < -0.4 is 0 Å². The SMILES string of the molecule is COC(=O)Cn1nc([N+](=O)[O-])cc1C1CC1. The second-order valence-electron chi connectivity index (χ2n) is 3.69. The number of aromatic nitrogens is 2. The maximum absolute atomic E-state index is 11.1. The molecule has 0 bridgehead atoms. The van der Waals surface area contributed by atoms with Crippen LogP contribution in [0.5, 0.6) is 0 Å². The zero-order valence-electron chi connectivity index (χ0n) is 8.75. The van der Waals surface area contributed by atoms with Crippen LogP contribution in [0.15, 0.2) is 6.07 Å². The van der Waals surface area contributed by atoms with Crippen molar-refractivity contribution < 1.29 is 14.5 Å². The van der Waals surface area contributed by atoms with E-state index in [4.69, 9.17) is 0 Å². The summed E-state index contributed by atoms with van der Waals surface area (Å²) in [6, 6.07) is 1.43. The number of methoxy groups -OCH3 is 1. The molecule has 7 nitrogen and oxygen atoms in total. The monoisotopic (exact) mass is 225 g/mol. The van der Waals surface area contributed by atoms with Gasteiger partial charge >= 0.3 is 11.8 Å². The number of rotatable bonds is 4. The first-order valence-corrected chi connectivity index (χ1v) is 4.90. The highest BCUT2D eigenvalue weighted by molar-refractivity contribution is 5.69. The molecule has 0 amide bonds. The van der Waals surface area contributed by atoms with Crippen molar-refractivity contribution in [2.75, 3.05) is 7.11 Å². The second-order valence-corrected chi connectivity index (χ2v) is 3.69. The van der Waals surface area contributed by atoms with Gasteiger partial charge in [0.2, 0.25) is 0 Å². The maximum Gasteiger partial charge on any atom is 0.390 e. The summed E-state index contributed by atoms with van der Waals surface area (Å²) in [5, 5.41) is 14.4. The molecule has 2 rings (SSSR count). The molecule has 0 aromatic carbocycles. The van der Waals surface area contributed by atoms with E-state index in [-0.39, 0.29) is 12.4 Å². The fourth-order valence-corrected chi connectivity index (χ4v) is 1.53. The molecule has 0 N–H and O–H groups in total. The van der Waals surface area contributed by atoms with Gasteiger partial charge in [0.15, 0.2) is 6.54 Å². The van der Waals surface area contributed by atoms with Gasteiger partial charge in [0.25, 0.3) is 0 Å². The third-order valence-corrected chi connectivity index (χ3v) is 2.49. The first-order valence-electron chi connectivity index (χ1n) is 4.90. The molecule has 1 saturated carbocycles. The van der Waals surface area contributed by atoms with Crippen molar-refractivity contribution in [3.8, 4) is 0 Å². The predicted molar refractivity (Wildman–Crippen MR) is 52.9 cm³/mol. The number of nitrogens with zero attached hydrogens (tertiary/aromatic N) is 3. The number of carbonyl (C=O) groups excluding carboxylic acids is 1. The van der Waals surface area contributed by atoms with E-state index in [1.165, 1.54) is 17.9 Å². The highest BCUT2D eigenvalue weighted by Gasteiger charge is 2.32. The number of nitro groups is 1. The minimum atomic E-state index is -0.556. The van der Waals surface area contributed by atoms with Crippen LogP contribution in [-0.2, 0) is 16.1 Å². The van der Waals surface area contributed by atoms with Gasteiger partial charge in [-0.3, -0.25) is 0 Å². The van der Waals surface area contributed by atoms with Crippen LogP contribution in [0.2, 0.25) is 0 Å². The van der Waals surface area contributed by atoms with Gasteiger partial charge < -0.3 is 14.9 Å². The van der Waals surface area contributed by atoms with Crippen molar-refractivity contribution in [2.45, 2.75) is 25.3 Å². The first-order chi connectivity index (χ1) is 7.61. The maximum atomic E-state index is 11.1. The van der Waals surface area contributed by atoms with Crippen LogP contribution >= 0.6 is 0 Å². The van der Waals surface area contributed by atoms with Gasteiger partial charge in [0.1, 0.15) is 0 Å². The van der Waals surface area contributed by atoms with Crippen LogP contribution in [0, 0.1) is 10.1 Å². The number of hydrogen-bond acceptors (Lipinski definition) is 5. The van der Waals surface area contributed by atoms with Crippen LogP contribution in [0.3, 0.4) is 0 Å². The summed E-state index contributed by atoms with van der Waals surface area (Å²) >= 11 is 0. The van der Waals surface area contributed by atoms with E-state index in [9.17, 15) is 14.9 Å². The molecule has 0 unspecified atom stereocenters. The molecule has 0 aliphatic heterocycles. The van der Waals surface area contributed by atoms with Gasteiger partial charge in [0, 0.05) is 5.92 Å². The number of esters is 1. The minimum absolute atomic E-state index is 0.0732.